The summed E-state index contributed by atoms with van der Waals surface area (Å²) in [5.41, 5.74) is 4.91. The second kappa shape index (κ2) is 5.67. The van der Waals surface area contributed by atoms with E-state index in [-0.39, 0.29) is 5.56 Å². The smallest absolute Gasteiger partial charge is 0.259 e. The summed E-state index contributed by atoms with van der Waals surface area (Å²) in [7, 11) is 0. The van der Waals surface area contributed by atoms with Crippen molar-refractivity contribution in [2.75, 3.05) is 0 Å². The van der Waals surface area contributed by atoms with Gasteiger partial charge < -0.3 is 9.72 Å². The minimum Gasteiger partial charge on any atom is -0.420 e. The van der Waals surface area contributed by atoms with Crippen molar-refractivity contribution in [2.24, 2.45) is 0 Å². The number of H-pyrrole nitrogens is 1. The van der Waals surface area contributed by atoms with Crippen molar-refractivity contribution in [1.82, 2.24) is 19.7 Å². The van der Waals surface area contributed by atoms with Gasteiger partial charge in [-0.05, 0) is 43.0 Å². The van der Waals surface area contributed by atoms with Crippen molar-refractivity contribution >= 4 is 0 Å². The fourth-order valence-corrected chi connectivity index (χ4v) is 5.02. The molecule has 1 spiro atoms. The van der Waals surface area contributed by atoms with Crippen molar-refractivity contribution in [3.8, 4) is 17.4 Å². The van der Waals surface area contributed by atoms with Gasteiger partial charge in [-0.15, -0.1) is 0 Å². The molecule has 0 fully saturated rings. The zero-order valence-electron chi connectivity index (χ0n) is 15.8. The van der Waals surface area contributed by atoms with Crippen molar-refractivity contribution in [1.29, 1.82) is 0 Å². The van der Waals surface area contributed by atoms with Gasteiger partial charge in [0.15, 0.2) is 0 Å². The summed E-state index contributed by atoms with van der Waals surface area (Å²) in [5.74, 6) is 0.992. The van der Waals surface area contributed by atoms with Crippen LogP contribution in [0.4, 0.5) is 0 Å². The number of nitrogens with one attached hydrogen (secondary N) is 1. The maximum absolute atomic E-state index is 13.0. The number of para-hydroxylation sites is 1. The number of rotatable bonds is 1. The first kappa shape index (κ1) is 16.3. The van der Waals surface area contributed by atoms with Gasteiger partial charge in [0, 0.05) is 0 Å². The van der Waals surface area contributed by atoms with Crippen LogP contribution in [0.25, 0.3) is 5.69 Å². The molecule has 3 heterocycles. The van der Waals surface area contributed by atoms with Gasteiger partial charge in [-0.3, -0.25) is 4.79 Å². The Labute approximate surface area is 166 Å². The molecule has 142 valence electrons. The molecule has 6 rings (SSSR count). The van der Waals surface area contributed by atoms with Crippen molar-refractivity contribution < 1.29 is 4.74 Å². The number of ether oxygens (including phenoxy) is 1. The van der Waals surface area contributed by atoms with Gasteiger partial charge in [-0.1, -0.05) is 42.5 Å². The maximum atomic E-state index is 13.0. The SMILES string of the molecule is Cc1nn(-c2ccccc2)c2c1C1(CCc3ccccc31)c1c(nc[nH]c1=O)O2. The van der Waals surface area contributed by atoms with Gasteiger partial charge in [0.1, 0.15) is 0 Å². The minimum atomic E-state index is -0.613. The predicted octanol–water partition coefficient (Wildman–Crippen LogP) is 3.65. The van der Waals surface area contributed by atoms with E-state index in [1.165, 1.54) is 11.9 Å². The highest BCUT2D eigenvalue weighted by molar-refractivity contribution is 5.65. The van der Waals surface area contributed by atoms with Crippen LogP contribution in [0.3, 0.4) is 0 Å². The molecular weight excluding hydrogens is 364 g/mol. The Morgan fingerprint density at radius 2 is 1.86 bits per heavy atom. The van der Waals surface area contributed by atoms with E-state index in [1.807, 2.05) is 54.1 Å². The molecule has 2 aromatic heterocycles. The Balaban J connectivity index is 1.74. The third-order valence-corrected chi connectivity index (χ3v) is 6.13. The number of benzene rings is 2. The lowest BCUT2D eigenvalue weighted by molar-refractivity contribution is 0.373. The number of hydrogen-bond donors (Lipinski definition) is 1. The van der Waals surface area contributed by atoms with E-state index in [1.54, 1.807) is 0 Å². The minimum absolute atomic E-state index is 0.163. The highest BCUT2D eigenvalue weighted by atomic mass is 16.5. The van der Waals surface area contributed by atoms with Crippen LogP contribution >= 0.6 is 0 Å². The molecular formula is C23H18N4O2. The Morgan fingerprint density at radius 3 is 2.72 bits per heavy atom. The van der Waals surface area contributed by atoms with Crippen molar-refractivity contribution in [3.63, 3.8) is 0 Å². The average Bonchev–Trinajstić information content (AvgIpc) is 3.28. The van der Waals surface area contributed by atoms with Crippen LogP contribution in [0.2, 0.25) is 0 Å². The van der Waals surface area contributed by atoms with E-state index < -0.39 is 5.41 Å². The molecule has 1 aliphatic heterocycles. The molecule has 0 bridgehead atoms. The first-order chi connectivity index (χ1) is 14.2. The van der Waals surface area contributed by atoms with Gasteiger partial charge in [0.25, 0.3) is 5.56 Å². The number of aromatic amines is 1. The number of nitrogens with zero attached hydrogens (tertiary/aromatic N) is 3. The molecule has 1 aliphatic carbocycles. The first-order valence-corrected chi connectivity index (χ1v) is 9.70. The second-order valence-electron chi connectivity index (χ2n) is 7.59. The zero-order chi connectivity index (χ0) is 19.6. The summed E-state index contributed by atoms with van der Waals surface area (Å²) in [5, 5.41) is 4.82. The summed E-state index contributed by atoms with van der Waals surface area (Å²) in [6, 6.07) is 18.2. The van der Waals surface area contributed by atoms with Crippen molar-refractivity contribution in [3.05, 3.63) is 99.2 Å². The molecule has 29 heavy (non-hydrogen) atoms. The van der Waals surface area contributed by atoms with E-state index in [0.29, 0.717) is 17.3 Å². The Hall–Kier alpha value is -3.67. The lowest BCUT2D eigenvalue weighted by Gasteiger charge is -2.35. The molecule has 4 aromatic rings. The van der Waals surface area contributed by atoms with E-state index in [2.05, 4.69) is 22.1 Å². The van der Waals surface area contributed by atoms with Crippen LogP contribution in [-0.4, -0.2) is 19.7 Å². The van der Waals surface area contributed by atoms with Crippen LogP contribution in [0.15, 0.2) is 65.7 Å². The molecule has 1 N–H and O–H groups in total. The summed E-state index contributed by atoms with van der Waals surface area (Å²) < 4.78 is 8.05. The van der Waals surface area contributed by atoms with Gasteiger partial charge in [-0.2, -0.15) is 5.10 Å². The van der Waals surface area contributed by atoms with Crippen LogP contribution < -0.4 is 10.3 Å². The fourth-order valence-electron chi connectivity index (χ4n) is 5.02. The molecule has 0 amide bonds. The molecule has 1 atom stereocenters. The molecule has 2 aromatic carbocycles. The first-order valence-electron chi connectivity index (χ1n) is 9.70. The topological polar surface area (TPSA) is 72.8 Å². The van der Waals surface area contributed by atoms with E-state index in [0.717, 1.165) is 35.3 Å². The highest BCUT2D eigenvalue weighted by Crippen LogP contribution is 2.56. The Kier molecular flexibility index (Phi) is 3.19. The van der Waals surface area contributed by atoms with Crippen LogP contribution in [-0.2, 0) is 11.8 Å². The third kappa shape index (κ3) is 2.03. The van der Waals surface area contributed by atoms with Crippen LogP contribution in [0.5, 0.6) is 11.8 Å². The normalized spacial score (nSPS) is 18.8. The van der Waals surface area contributed by atoms with E-state index in [9.17, 15) is 4.79 Å². The molecule has 0 saturated heterocycles. The summed E-state index contributed by atoms with van der Waals surface area (Å²) in [6.07, 6.45) is 3.07. The highest BCUT2D eigenvalue weighted by Gasteiger charge is 2.52. The summed E-state index contributed by atoms with van der Waals surface area (Å²) >= 11 is 0. The molecule has 0 radical (unpaired) electrons. The molecule has 6 nitrogen and oxygen atoms in total. The Bertz CT molecular complexity index is 1320. The summed E-state index contributed by atoms with van der Waals surface area (Å²) in [4.78, 5) is 20.2. The van der Waals surface area contributed by atoms with Gasteiger partial charge in [0.2, 0.25) is 11.8 Å². The number of aromatic nitrogens is 4. The lowest BCUT2D eigenvalue weighted by Crippen LogP contribution is -2.37. The van der Waals surface area contributed by atoms with Gasteiger partial charge >= 0.3 is 0 Å². The number of hydrogen-bond acceptors (Lipinski definition) is 4. The quantitative estimate of drug-likeness (QED) is 0.545. The third-order valence-electron chi connectivity index (χ3n) is 6.13. The number of fused-ring (bicyclic) bond motifs is 6. The second-order valence-corrected chi connectivity index (χ2v) is 7.59. The predicted molar refractivity (Wildman–Crippen MR) is 108 cm³/mol. The molecule has 1 unspecified atom stereocenters. The van der Waals surface area contributed by atoms with Gasteiger partial charge in [-0.25, -0.2) is 9.67 Å². The van der Waals surface area contributed by atoms with Crippen LogP contribution in [0.1, 0.15) is 34.4 Å². The van der Waals surface area contributed by atoms with Gasteiger partial charge in [0.05, 0.1) is 34.3 Å². The van der Waals surface area contributed by atoms with E-state index >= 15 is 0 Å². The van der Waals surface area contributed by atoms with E-state index in [4.69, 9.17) is 9.84 Å². The maximum Gasteiger partial charge on any atom is 0.259 e. The fraction of sp³-hybridized carbons (Fsp3) is 0.174. The van der Waals surface area contributed by atoms with Crippen LogP contribution in [0, 0.1) is 6.92 Å². The monoisotopic (exact) mass is 382 g/mol. The molecule has 6 heteroatoms. The average molecular weight is 382 g/mol. The number of aryl methyl sites for hydroxylation is 2. The largest absolute Gasteiger partial charge is 0.420 e. The molecule has 2 aliphatic rings. The molecule has 0 saturated carbocycles. The summed E-state index contributed by atoms with van der Waals surface area (Å²) in [6.45, 7) is 1.99. The lowest BCUT2D eigenvalue weighted by atomic mass is 9.70. The Morgan fingerprint density at radius 1 is 1.07 bits per heavy atom. The standard InChI is InChI=1S/C23H18N4O2/c1-14-18-22(27(26-14)16-8-3-2-4-9-16)29-21-19(20(28)24-13-25-21)23(18)12-11-15-7-5-6-10-17(15)23/h2-10,13H,11-12H2,1H3,(H,24,25,28). The zero-order valence-corrected chi connectivity index (χ0v) is 15.8. The van der Waals surface area contributed by atoms with Crippen molar-refractivity contribution in [2.45, 2.75) is 25.2 Å².